The van der Waals surface area contributed by atoms with E-state index in [1.54, 1.807) is 0 Å². The lowest BCUT2D eigenvalue weighted by Gasteiger charge is -2.40. The SMILES string of the molecule is Cc1cc2c3c(c1)N(Cc1ccc(C(C)(C)C)cc1-c1ccccc1)c1ccc4sc5ccccc5c4c1B3CCn1c3c(cccc3c3sc4ccccc4c31)CC2. The molecule has 2 aliphatic heterocycles. The summed E-state index contributed by atoms with van der Waals surface area (Å²) in [6.45, 7) is 11.3. The van der Waals surface area contributed by atoms with Crippen molar-refractivity contribution in [1.29, 1.82) is 0 Å². The van der Waals surface area contributed by atoms with Gasteiger partial charge in [0.1, 0.15) is 0 Å². The highest BCUT2D eigenvalue weighted by molar-refractivity contribution is 7.27. The van der Waals surface area contributed by atoms with Gasteiger partial charge in [-0.15, -0.1) is 22.7 Å². The first-order valence-electron chi connectivity index (χ1n) is 21.3. The third kappa shape index (κ3) is 5.44. The minimum absolute atomic E-state index is 0.0486. The fourth-order valence-electron chi connectivity index (χ4n) is 10.7. The van der Waals surface area contributed by atoms with Crippen LogP contribution in [0.4, 0.5) is 11.4 Å². The van der Waals surface area contributed by atoms with Crippen molar-refractivity contribution >= 4 is 103 Å². The largest absolute Gasteiger partial charge is 0.340 e. The molecule has 0 atom stereocenters. The van der Waals surface area contributed by atoms with Crippen molar-refractivity contribution in [2.75, 3.05) is 4.90 Å². The molecular formula is C54H45BN2S2. The first kappa shape index (κ1) is 35.3. The van der Waals surface area contributed by atoms with Crippen LogP contribution in [0.5, 0.6) is 0 Å². The zero-order valence-corrected chi connectivity index (χ0v) is 35.7. The van der Waals surface area contributed by atoms with Crippen LogP contribution in [0.2, 0.25) is 6.32 Å². The summed E-state index contributed by atoms with van der Waals surface area (Å²) in [4.78, 5) is 2.71. The molecule has 7 aromatic carbocycles. The third-order valence-corrected chi connectivity index (χ3v) is 15.7. The van der Waals surface area contributed by atoms with Gasteiger partial charge in [0.05, 0.1) is 15.7 Å². The van der Waals surface area contributed by atoms with Crippen molar-refractivity contribution in [3.05, 3.63) is 167 Å². The monoisotopic (exact) mass is 796 g/mol. The van der Waals surface area contributed by atoms with Crippen LogP contribution >= 0.6 is 22.7 Å². The zero-order valence-electron chi connectivity index (χ0n) is 34.1. The summed E-state index contributed by atoms with van der Waals surface area (Å²) in [6.07, 6.45) is 3.05. The van der Waals surface area contributed by atoms with Gasteiger partial charge in [0.15, 0.2) is 0 Å². The van der Waals surface area contributed by atoms with Crippen LogP contribution in [0.3, 0.4) is 0 Å². The van der Waals surface area contributed by atoms with Gasteiger partial charge in [-0.1, -0.05) is 136 Å². The zero-order chi connectivity index (χ0) is 39.6. The number of anilines is 2. The highest BCUT2D eigenvalue weighted by Gasteiger charge is 2.38. The third-order valence-electron chi connectivity index (χ3n) is 13.4. The molecule has 0 N–H and O–H groups in total. The van der Waals surface area contributed by atoms with E-state index in [1.807, 2.05) is 22.7 Å². The number of fused-ring (bicyclic) bond motifs is 11. The van der Waals surface area contributed by atoms with E-state index in [1.165, 1.54) is 113 Å². The number of hydrogen-bond donors (Lipinski definition) is 0. The van der Waals surface area contributed by atoms with Crippen molar-refractivity contribution in [3.8, 4) is 11.1 Å². The number of hydrogen-bond acceptors (Lipinski definition) is 3. The molecule has 0 unspecified atom stereocenters. The molecule has 0 radical (unpaired) electrons. The maximum Gasteiger partial charge on any atom is 0.217 e. The summed E-state index contributed by atoms with van der Waals surface area (Å²) < 4.78 is 8.31. The van der Waals surface area contributed by atoms with Crippen molar-refractivity contribution in [2.45, 2.75) is 65.4 Å². The Morgan fingerprint density at radius 1 is 0.610 bits per heavy atom. The second-order valence-electron chi connectivity index (χ2n) is 18.0. The van der Waals surface area contributed by atoms with E-state index in [9.17, 15) is 0 Å². The maximum atomic E-state index is 2.73. The Morgan fingerprint density at radius 2 is 1.36 bits per heavy atom. The Balaban J connectivity index is 1.12. The molecule has 0 spiro atoms. The van der Waals surface area contributed by atoms with Crippen LogP contribution in [-0.4, -0.2) is 11.3 Å². The Labute approximate surface area is 354 Å². The lowest BCUT2D eigenvalue weighted by atomic mass is 9.35. The molecule has 0 bridgehead atoms. The lowest BCUT2D eigenvalue weighted by molar-refractivity contribution is 0.590. The average Bonchev–Trinajstić information content (AvgIpc) is 3.92. The molecule has 5 heterocycles. The predicted octanol–water partition coefficient (Wildman–Crippen LogP) is 13.7. The minimum atomic E-state index is 0.0486. The second-order valence-corrected chi connectivity index (χ2v) is 20.1. The molecule has 0 saturated carbocycles. The van der Waals surface area contributed by atoms with E-state index < -0.39 is 0 Å². The van der Waals surface area contributed by atoms with Crippen molar-refractivity contribution < 1.29 is 0 Å². The fourth-order valence-corrected chi connectivity index (χ4v) is 13.1. The number of para-hydroxylation sites is 1. The van der Waals surface area contributed by atoms with Crippen LogP contribution in [-0.2, 0) is 31.3 Å². The summed E-state index contributed by atoms with van der Waals surface area (Å²) in [7, 11) is 0. The van der Waals surface area contributed by atoms with Gasteiger partial charge in [-0.2, -0.15) is 0 Å². The Kier molecular flexibility index (Phi) is 7.90. The molecule has 286 valence electrons. The van der Waals surface area contributed by atoms with Crippen LogP contribution < -0.4 is 15.8 Å². The molecule has 3 aromatic heterocycles. The topological polar surface area (TPSA) is 8.17 Å². The smallest absolute Gasteiger partial charge is 0.217 e. The number of nitrogens with zero attached hydrogens (tertiary/aromatic N) is 2. The van der Waals surface area contributed by atoms with Crippen molar-refractivity contribution in [3.63, 3.8) is 0 Å². The normalized spacial score (nSPS) is 14.2. The summed E-state index contributed by atoms with van der Waals surface area (Å²) >= 11 is 3.92. The van der Waals surface area contributed by atoms with Gasteiger partial charge in [-0.25, -0.2) is 0 Å². The number of aryl methyl sites for hydroxylation is 4. The van der Waals surface area contributed by atoms with Crippen LogP contribution in [0.25, 0.3) is 62.5 Å². The molecule has 0 saturated heterocycles. The van der Waals surface area contributed by atoms with Crippen molar-refractivity contribution in [1.82, 2.24) is 4.57 Å². The maximum absolute atomic E-state index is 2.73. The van der Waals surface area contributed by atoms with E-state index in [0.29, 0.717) is 0 Å². The molecule has 12 rings (SSSR count). The Bertz CT molecular complexity index is 3320. The predicted molar refractivity (Wildman–Crippen MR) is 259 cm³/mol. The van der Waals surface area contributed by atoms with Gasteiger partial charge < -0.3 is 9.47 Å². The first-order valence-corrected chi connectivity index (χ1v) is 22.9. The summed E-state index contributed by atoms with van der Waals surface area (Å²) in [5, 5.41) is 5.63. The van der Waals surface area contributed by atoms with E-state index in [4.69, 9.17) is 0 Å². The van der Waals surface area contributed by atoms with Crippen molar-refractivity contribution in [2.24, 2.45) is 0 Å². The average molecular weight is 797 g/mol. The van der Waals surface area contributed by atoms with Gasteiger partial charge in [0.25, 0.3) is 0 Å². The van der Waals surface area contributed by atoms with Gasteiger partial charge in [-0.05, 0) is 117 Å². The van der Waals surface area contributed by atoms with Gasteiger partial charge >= 0.3 is 0 Å². The standard InChI is InChI=1S/C54H45BN2S2/c1-33-29-36-22-21-35-15-12-18-41-51(35)56(52-40-17-9-11-20-46(40)59-53(41)52)28-27-55-49(36)44(30-33)57(43-25-26-47-48(50(43)55)39-16-8-10-19-45(39)58-47)32-37-23-24-38(54(2,3)4)31-42(37)34-13-6-5-7-14-34/h5-20,23-26,29-31H,21-22,27-28,32H2,1-4H3. The molecule has 0 amide bonds. The quantitative estimate of drug-likeness (QED) is 0.162. The molecule has 0 fully saturated rings. The van der Waals surface area contributed by atoms with Gasteiger partial charge in [0.2, 0.25) is 6.71 Å². The summed E-state index contributed by atoms with van der Waals surface area (Å²) in [5.74, 6) is 0. The van der Waals surface area contributed by atoms with E-state index in [2.05, 4.69) is 177 Å². The molecule has 10 aromatic rings. The fraction of sp³-hybridized carbons (Fsp3) is 0.185. The van der Waals surface area contributed by atoms with Gasteiger partial charge in [-0.3, -0.25) is 0 Å². The second kappa shape index (κ2) is 13.2. The highest BCUT2D eigenvalue weighted by atomic mass is 32.1. The van der Waals surface area contributed by atoms with Crippen LogP contribution in [0.15, 0.2) is 140 Å². The summed E-state index contributed by atoms with van der Waals surface area (Å²) in [6, 6.07) is 53.5. The Hall–Kier alpha value is -5.62. The number of benzene rings is 7. The molecule has 0 aliphatic carbocycles. The van der Waals surface area contributed by atoms with Gasteiger partial charge in [0, 0.05) is 49.3 Å². The molecule has 2 nitrogen and oxygen atoms in total. The lowest BCUT2D eigenvalue weighted by Crippen LogP contribution is -2.53. The molecule has 59 heavy (non-hydrogen) atoms. The minimum Gasteiger partial charge on any atom is -0.340 e. The van der Waals surface area contributed by atoms with Crippen LogP contribution in [0, 0.1) is 6.92 Å². The van der Waals surface area contributed by atoms with E-state index >= 15 is 0 Å². The summed E-state index contributed by atoms with van der Waals surface area (Å²) in [5.41, 5.74) is 18.3. The molecule has 2 aliphatic rings. The number of aromatic nitrogens is 1. The first-order chi connectivity index (χ1) is 28.8. The number of rotatable bonds is 3. The van der Waals surface area contributed by atoms with E-state index in [0.717, 1.165) is 32.3 Å². The molecule has 5 heteroatoms. The number of thiophene rings is 2. The van der Waals surface area contributed by atoms with E-state index in [-0.39, 0.29) is 12.1 Å². The molecular weight excluding hydrogens is 752 g/mol. The van der Waals surface area contributed by atoms with Crippen LogP contribution in [0.1, 0.15) is 48.6 Å². The highest BCUT2D eigenvalue weighted by Crippen LogP contribution is 2.45. The Morgan fingerprint density at radius 3 is 2.19 bits per heavy atom.